The topological polar surface area (TPSA) is 37.3 Å². The molecule has 0 spiro atoms. The van der Waals surface area contributed by atoms with Crippen molar-refractivity contribution in [3.8, 4) is 0 Å². The molecular weight excluding hydrogens is 274 g/mol. The Morgan fingerprint density at radius 2 is 1.74 bits per heavy atom. The van der Waals surface area contributed by atoms with Gasteiger partial charge in [0.15, 0.2) is 11.6 Å². The van der Waals surface area contributed by atoms with Gasteiger partial charge in [-0.15, -0.1) is 0 Å². The maximum Gasteiger partial charge on any atom is 0.198 e. The molecule has 2 nitrogen and oxygen atoms in total. The second kappa shape index (κ2) is 5.47. The van der Waals surface area contributed by atoms with Crippen molar-refractivity contribution in [3.63, 3.8) is 0 Å². The van der Waals surface area contributed by atoms with E-state index in [1.807, 2.05) is 0 Å². The Hall–Kier alpha value is -1.78. The lowest BCUT2D eigenvalue weighted by atomic mass is 9.99. The molecule has 19 heavy (non-hydrogen) atoms. The van der Waals surface area contributed by atoms with Crippen LogP contribution >= 0.6 is 11.6 Å². The molecule has 0 aliphatic rings. The predicted octanol–water partition coefficient (Wildman–Crippen LogP) is 3.53. The van der Waals surface area contributed by atoms with Crippen LogP contribution in [0, 0.1) is 11.6 Å². The highest BCUT2D eigenvalue weighted by Gasteiger charge is 2.24. The van der Waals surface area contributed by atoms with Crippen LogP contribution in [0.25, 0.3) is 0 Å². The molecule has 1 atom stereocenters. The number of hydrogen-bond donors (Lipinski definition) is 1. The molecule has 1 unspecified atom stereocenters. The highest BCUT2D eigenvalue weighted by molar-refractivity contribution is 6.31. The first kappa shape index (κ1) is 13.6. The van der Waals surface area contributed by atoms with Crippen molar-refractivity contribution in [2.24, 2.45) is 0 Å². The maximum atomic E-state index is 13.7. The normalized spacial score (nSPS) is 12.2. The number of aliphatic hydroxyl groups is 1. The number of rotatable bonds is 3. The van der Waals surface area contributed by atoms with E-state index in [-0.39, 0.29) is 0 Å². The van der Waals surface area contributed by atoms with Crippen molar-refractivity contribution in [2.45, 2.75) is 6.10 Å². The number of aliphatic hydroxyl groups excluding tert-OH is 1. The van der Waals surface area contributed by atoms with E-state index in [2.05, 4.69) is 0 Å². The van der Waals surface area contributed by atoms with Gasteiger partial charge in [0, 0.05) is 0 Å². The molecule has 0 fully saturated rings. The fraction of sp³-hybridized carbons (Fsp3) is 0.0714. The smallest absolute Gasteiger partial charge is 0.198 e. The van der Waals surface area contributed by atoms with Gasteiger partial charge < -0.3 is 5.11 Å². The van der Waals surface area contributed by atoms with E-state index in [1.54, 1.807) is 18.2 Å². The van der Waals surface area contributed by atoms with E-state index >= 15 is 0 Å². The van der Waals surface area contributed by atoms with Gasteiger partial charge in [-0.1, -0.05) is 41.9 Å². The summed E-state index contributed by atoms with van der Waals surface area (Å²) in [6.45, 7) is 0. The Balaban J connectivity index is 2.38. The second-order valence-electron chi connectivity index (χ2n) is 3.90. The minimum absolute atomic E-state index is 0.326. The van der Waals surface area contributed by atoms with Crippen LogP contribution in [-0.2, 0) is 0 Å². The Morgan fingerprint density at radius 1 is 1.11 bits per heavy atom. The van der Waals surface area contributed by atoms with Gasteiger partial charge in [0.1, 0.15) is 16.9 Å². The first-order valence-electron chi connectivity index (χ1n) is 5.43. The molecule has 0 aliphatic carbocycles. The standard InChI is InChI=1S/C14H9ClF2O2/c15-11-10(16)7-6-9(12(11)17)14(19)13(18)8-4-2-1-3-5-8/h1-7,13,18H. The second-order valence-corrected chi connectivity index (χ2v) is 4.28. The fourth-order valence-corrected chi connectivity index (χ4v) is 1.81. The summed E-state index contributed by atoms with van der Waals surface area (Å²) in [5.41, 5.74) is -0.116. The van der Waals surface area contributed by atoms with Gasteiger partial charge >= 0.3 is 0 Å². The van der Waals surface area contributed by atoms with Gasteiger partial charge in [-0.2, -0.15) is 0 Å². The monoisotopic (exact) mass is 282 g/mol. The zero-order valence-corrected chi connectivity index (χ0v) is 10.4. The number of Topliss-reactive ketones (excluding diaryl/α,β-unsaturated/α-hetero) is 1. The summed E-state index contributed by atoms with van der Waals surface area (Å²) in [4.78, 5) is 12.0. The highest BCUT2D eigenvalue weighted by Crippen LogP contribution is 2.26. The molecule has 1 N–H and O–H groups in total. The number of carbonyl (C=O) groups excluding carboxylic acids is 1. The predicted molar refractivity (Wildman–Crippen MR) is 67.1 cm³/mol. The summed E-state index contributed by atoms with van der Waals surface area (Å²) in [6.07, 6.45) is -1.52. The molecular formula is C14H9ClF2O2. The minimum atomic E-state index is -1.52. The lowest BCUT2D eigenvalue weighted by Crippen LogP contribution is -2.14. The average molecular weight is 283 g/mol. The first-order valence-corrected chi connectivity index (χ1v) is 5.81. The van der Waals surface area contributed by atoms with E-state index in [0.717, 1.165) is 12.1 Å². The quantitative estimate of drug-likeness (QED) is 0.691. The molecule has 0 amide bonds. The van der Waals surface area contributed by atoms with Crippen LogP contribution in [0.4, 0.5) is 8.78 Å². The third-order valence-corrected chi connectivity index (χ3v) is 3.01. The third kappa shape index (κ3) is 2.64. The van der Waals surface area contributed by atoms with Crippen LogP contribution in [0.2, 0.25) is 5.02 Å². The SMILES string of the molecule is O=C(c1ccc(F)c(Cl)c1F)C(O)c1ccccc1. The van der Waals surface area contributed by atoms with Crippen LogP contribution in [0.5, 0.6) is 0 Å². The van der Waals surface area contributed by atoms with Crippen molar-refractivity contribution < 1.29 is 18.7 Å². The molecule has 0 saturated carbocycles. The van der Waals surface area contributed by atoms with Crippen molar-refractivity contribution >= 4 is 17.4 Å². The molecule has 5 heteroatoms. The third-order valence-electron chi connectivity index (χ3n) is 2.66. The Labute approximate surface area is 113 Å². The van der Waals surface area contributed by atoms with E-state index in [0.29, 0.717) is 5.56 Å². The molecule has 2 aromatic carbocycles. The van der Waals surface area contributed by atoms with Crippen molar-refractivity contribution in [1.82, 2.24) is 0 Å². The van der Waals surface area contributed by atoms with Crippen LogP contribution in [0.15, 0.2) is 42.5 Å². The summed E-state index contributed by atoms with van der Waals surface area (Å²) >= 11 is 5.39. The molecule has 0 heterocycles. The van der Waals surface area contributed by atoms with Crippen LogP contribution < -0.4 is 0 Å². The molecule has 0 saturated heterocycles. The van der Waals surface area contributed by atoms with Gasteiger partial charge in [-0.25, -0.2) is 8.78 Å². The van der Waals surface area contributed by atoms with E-state index in [1.165, 1.54) is 12.1 Å². The highest BCUT2D eigenvalue weighted by atomic mass is 35.5. The molecule has 98 valence electrons. The molecule has 2 rings (SSSR count). The Morgan fingerprint density at radius 3 is 2.37 bits per heavy atom. The first-order chi connectivity index (χ1) is 9.02. The van der Waals surface area contributed by atoms with Crippen LogP contribution in [0.3, 0.4) is 0 Å². The number of ketones is 1. The Kier molecular flexibility index (Phi) is 3.93. The fourth-order valence-electron chi connectivity index (χ4n) is 1.65. The van der Waals surface area contributed by atoms with Crippen LogP contribution in [0.1, 0.15) is 22.0 Å². The molecule has 0 radical (unpaired) electrons. The largest absolute Gasteiger partial charge is 0.380 e. The van der Waals surface area contributed by atoms with E-state index in [4.69, 9.17) is 11.6 Å². The summed E-state index contributed by atoms with van der Waals surface area (Å²) in [5, 5.41) is 9.12. The van der Waals surface area contributed by atoms with Crippen molar-refractivity contribution in [2.75, 3.05) is 0 Å². The lowest BCUT2D eigenvalue weighted by molar-refractivity contribution is 0.0743. The van der Waals surface area contributed by atoms with Gasteiger partial charge in [0.2, 0.25) is 0 Å². The molecule has 0 aliphatic heterocycles. The van der Waals surface area contributed by atoms with E-state index < -0.39 is 34.1 Å². The zero-order valence-electron chi connectivity index (χ0n) is 9.61. The van der Waals surface area contributed by atoms with Crippen molar-refractivity contribution in [1.29, 1.82) is 0 Å². The van der Waals surface area contributed by atoms with Gasteiger partial charge in [-0.05, 0) is 17.7 Å². The summed E-state index contributed by atoms with van der Waals surface area (Å²) < 4.78 is 26.7. The van der Waals surface area contributed by atoms with Gasteiger partial charge in [0.25, 0.3) is 0 Å². The lowest BCUT2D eigenvalue weighted by Gasteiger charge is -2.11. The Bertz CT molecular complexity index is 614. The summed E-state index contributed by atoms with van der Waals surface area (Å²) in [5.74, 6) is -2.99. The maximum absolute atomic E-state index is 13.7. The minimum Gasteiger partial charge on any atom is -0.380 e. The van der Waals surface area contributed by atoms with E-state index in [9.17, 15) is 18.7 Å². The summed E-state index contributed by atoms with van der Waals surface area (Å²) in [6, 6.07) is 9.91. The number of hydrogen-bond acceptors (Lipinski definition) is 2. The van der Waals surface area contributed by atoms with Crippen molar-refractivity contribution in [3.05, 3.63) is 70.2 Å². The molecule has 0 aromatic heterocycles. The van der Waals surface area contributed by atoms with Gasteiger partial charge in [0.05, 0.1) is 5.56 Å². The summed E-state index contributed by atoms with van der Waals surface area (Å²) in [7, 11) is 0. The zero-order chi connectivity index (χ0) is 14.0. The average Bonchev–Trinajstić information content (AvgIpc) is 2.44. The number of benzene rings is 2. The van der Waals surface area contributed by atoms with Crippen LogP contribution in [-0.4, -0.2) is 10.9 Å². The number of halogens is 3. The molecule has 2 aromatic rings. The number of carbonyl (C=O) groups is 1. The van der Waals surface area contributed by atoms with Gasteiger partial charge in [-0.3, -0.25) is 4.79 Å². The molecule has 0 bridgehead atoms.